The Labute approximate surface area is 200 Å². The molecule has 0 aliphatic carbocycles. The zero-order chi connectivity index (χ0) is 25.3. The van der Waals surface area contributed by atoms with Crippen molar-refractivity contribution in [3.63, 3.8) is 0 Å². The number of benzene rings is 2. The molecular formula is C26H22FN3O5. The highest BCUT2D eigenvalue weighted by Gasteiger charge is 2.37. The van der Waals surface area contributed by atoms with Crippen LogP contribution in [0.15, 0.2) is 60.2 Å². The summed E-state index contributed by atoms with van der Waals surface area (Å²) in [4.78, 5) is 50.7. The Morgan fingerprint density at radius 2 is 1.63 bits per heavy atom. The second-order valence-corrected chi connectivity index (χ2v) is 7.86. The number of hydrogen-bond acceptors (Lipinski definition) is 5. The number of aromatic nitrogens is 1. The largest absolute Gasteiger partial charge is 0.462 e. The number of urea groups is 1. The van der Waals surface area contributed by atoms with Gasteiger partial charge in [-0.1, -0.05) is 0 Å². The van der Waals surface area contributed by atoms with Crippen LogP contribution in [0, 0.1) is 19.7 Å². The van der Waals surface area contributed by atoms with Gasteiger partial charge in [0.05, 0.1) is 17.9 Å². The molecule has 1 aromatic heterocycles. The van der Waals surface area contributed by atoms with E-state index in [1.54, 1.807) is 37.3 Å². The Morgan fingerprint density at radius 1 is 1.00 bits per heavy atom. The molecule has 0 unspecified atom stereocenters. The van der Waals surface area contributed by atoms with Crippen LogP contribution in [-0.2, 0) is 14.3 Å². The van der Waals surface area contributed by atoms with Gasteiger partial charge in [0.25, 0.3) is 11.8 Å². The van der Waals surface area contributed by atoms with Crippen LogP contribution in [0.5, 0.6) is 0 Å². The van der Waals surface area contributed by atoms with Crippen LogP contribution < -0.4 is 10.2 Å². The van der Waals surface area contributed by atoms with E-state index in [0.717, 1.165) is 34.1 Å². The van der Waals surface area contributed by atoms with E-state index in [9.17, 15) is 23.6 Å². The summed E-state index contributed by atoms with van der Waals surface area (Å²) in [7, 11) is 0. The molecular weight excluding hydrogens is 453 g/mol. The van der Waals surface area contributed by atoms with Crippen molar-refractivity contribution in [3.8, 4) is 5.69 Å². The topological polar surface area (TPSA) is 97.7 Å². The second kappa shape index (κ2) is 9.38. The summed E-state index contributed by atoms with van der Waals surface area (Å²) in [6.07, 6.45) is 1.42. The van der Waals surface area contributed by atoms with Crippen molar-refractivity contribution < 1.29 is 28.3 Å². The average molecular weight is 475 g/mol. The lowest BCUT2D eigenvalue weighted by Crippen LogP contribution is -2.54. The number of anilines is 1. The van der Waals surface area contributed by atoms with Crippen LogP contribution in [-0.4, -0.2) is 35.0 Å². The van der Waals surface area contributed by atoms with Gasteiger partial charge >= 0.3 is 12.0 Å². The molecule has 1 aliphatic heterocycles. The van der Waals surface area contributed by atoms with Gasteiger partial charge in [0.15, 0.2) is 0 Å². The minimum absolute atomic E-state index is 0.138. The van der Waals surface area contributed by atoms with E-state index in [0.29, 0.717) is 11.1 Å². The number of aryl methyl sites for hydroxylation is 1. The first-order valence-corrected chi connectivity index (χ1v) is 10.8. The van der Waals surface area contributed by atoms with Crippen LogP contribution in [0.2, 0.25) is 0 Å². The molecule has 1 aliphatic rings. The summed E-state index contributed by atoms with van der Waals surface area (Å²) in [5.74, 6) is -2.56. The molecule has 3 aromatic rings. The summed E-state index contributed by atoms with van der Waals surface area (Å²) in [6.45, 7) is 5.71. The lowest BCUT2D eigenvalue weighted by atomic mass is 10.1. The molecule has 178 valence electrons. The van der Waals surface area contributed by atoms with Crippen LogP contribution >= 0.6 is 0 Å². The highest BCUT2D eigenvalue weighted by Crippen LogP contribution is 2.26. The van der Waals surface area contributed by atoms with E-state index in [-0.39, 0.29) is 17.9 Å². The number of rotatable bonds is 5. The first-order chi connectivity index (χ1) is 16.7. The van der Waals surface area contributed by atoms with E-state index in [1.807, 2.05) is 18.4 Å². The van der Waals surface area contributed by atoms with E-state index in [2.05, 4.69) is 5.32 Å². The highest BCUT2D eigenvalue weighted by molar-refractivity contribution is 6.39. The molecule has 4 rings (SSSR count). The number of halogens is 1. The maximum atomic E-state index is 13.3. The van der Waals surface area contributed by atoms with Gasteiger partial charge in [-0.2, -0.15) is 0 Å². The molecule has 2 heterocycles. The van der Waals surface area contributed by atoms with E-state index >= 15 is 0 Å². The minimum Gasteiger partial charge on any atom is -0.462 e. The Morgan fingerprint density at radius 3 is 2.26 bits per heavy atom. The number of esters is 1. The number of imide groups is 2. The van der Waals surface area contributed by atoms with E-state index < -0.39 is 29.6 Å². The van der Waals surface area contributed by atoms with E-state index in [1.165, 1.54) is 18.2 Å². The van der Waals surface area contributed by atoms with Crippen molar-refractivity contribution in [2.24, 2.45) is 0 Å². The molecule has 1 N–H and O–H groups in total. The number of hydrogen-bond donors (Lipinski definition) is 1. The number of amides is 4. The Hall–Kier alpha value is -4.53. The first kappa shape index (κ1) is 23.6. The number of barbiturate groups is 1. The fourth-order valence-corrected chi connectivity index (χ4v) is 3.93. The minimum atomic E-state index is -0.907. The van der Waals surface area contributed by atoms with Gasteiger partial charge in [-0.05, 0) is 87.0 Å². The summed E-state index contributed by atoms with van der Waals surface area (Å²) in [6, 6.07) is 12.6. The predicted molar refractivity (Wildman–Crippen MR) is 127 cm³/mol. The van der Waals surface area contributed by atoms with Gasteiger partial charge < -0.3 is 9.30 Å². The van der Waals surface area contributed by atoms with Gasteiger partial charge in [-0.15, -0.1) is 0 Å². The summed E-state index contributed by atoms with van der Waals surface area (Å²) >= 11 is 0. The van der Waals surface area contributed by atoms with Crippen LogP contribution in [0.1, 0.15) is 34.2 Å². The molecule has 0 bridgehead atoms. The van der Waals surface area contributed by atoms with E-state index in [4.69, 9.17) is 4.74 Å². The van der Waals surface area contributed by atoms with Gasteiger partial charge in [0, 0.05) is 17.1 Å². The van der Waals surface area contributed by atoms with Crippen LogP contribution in [0.4, 0.5) is 14.9 Å². The molecule has 0 radical (unpaired) electrons. The van der Waals surface area contributed by atoms with Gasteiger partial charge in [0.1, 0.15) is 11.4 Å². The summed E-state index contributed by atoms with van der Waals surface area (Å²) in [5, 5.41) is 2.16. The Kier molecular flexibility index (Phi) is 6.33. The van der Waals surface area contributed by atoms with Crippen molar-refractivity contribution in [1.29, 1.82) is 0 Å². The fourth-order valence-electron chi connectivity index (χ4n) is 3.93. The lowest BCUT2D eigenvalue weighted by Gasteiger charge is -2.26. The molecule has 0 saturated carbocycles. The van der Waals surface area contributed by atoms with Crippen molar-refractivity contribution >= 4 is 35.6 Å². The monoisotopic (exact) mass is 475 g/mol. The smallest absolute Gasteiger partial charge is 0.338 e. The number of ether oxygens (including phenoxy) is 1. The normalized spacial score (nSPS) is 14.9. The molecule has 0 atom stereocenters. The molecule has 2 aromatic carbocycles. The molecule has 0 spiro atoms. The SMILES string of the molecule is CCOC(=O)c1ccc(-n2c(C)cc(/C=C3/C(=O)NC(=O)N(c4ccc(F)cc4)C3=O)c2C)cc1. The average Bonchev–Trinajstić information content (AvgIpc) is 3.10. The fraction of sp³-hybridized carbons (Fsp3) is 0.154. The lowest BCUT2D eigenvalue weighted by molar-refractivity contribution is -0.122. The Balaban J connectivity index is 1.69. The van der Waals surface area contributed by atoms with Crippen molar-refractivity contribution in [2.45, 2.75) is 20.8 Å². The number of carbonyl (C=O) groups excluding carboxylic acids is 4. The quantitative estimate of drug-likeness (QED) is 0.341. The number of carbonyl (C=O) groups is 4. The standard InChI is InChI=1S/C26H22FN3O5/c1-4-35-25(33)17-5-9-20(10-6-17)29-15(2)13-18(16(29)3)14-22-23(31)28-26(34)30(24(22)32)21-11-7-19(27)8-12-21/h5-14H,4H2,1-3H3,(H,28,31,34)/b22-14-. The van der Waals surface area contributed by atoms with Crippen molar-refractivity contribution in [1.82, 2.24) is 9.88 Å². The first-order valence-electron chi connectivity index (χ1n) is 10.8. The summed E-state index contributed by atoms with van der Waals surface area (Å²) < 4.78 is 20.2. The second-order valence-electron chi connectivity index (χ2n) is 7.86. The molecule has 8 nitrogen and oxygen atoms in total. The highest BCUT2D eigenvalue weighted by atomic mass is 19.1. The molecule has 1 fully saturated rings. The third kappa shape index (κ3) is 4.48. The molecule has 4 amide bonds. The van der Waals surface area contributed by atoms with Crippen molar-refractivity contribution in [2.75, 3.05) is 11.5 Å². The third-order valence-corrected chi connectivity index (χ3v) is 5.59. The van der Waals surface area contributed by atoms with Crippen LogP contribution in [0.3, 0.4) is 0 Å². The zero-order valence-corrected chi connectivity index (χ0v) is 19.3. The summed E-state index contributed by atoms with van der Waals surface area (Å²) in [5.41, 5.74) is 3.28. The molecule has 35 heavy (non-hydrogen) atoms. The molecule has 1 saturated heterocycles. The van der Waals surface area contributed by atoms with Crippen LogP contribution in [0.25, 0.3) is 11.8 Å². The zero-order valence-electron chi connectivity index (χ0n) is 19.3. The number of nitrogens with one attached hydrogen (secondary N) is 1. The third-order valence-electron chi connectivity index (χ3n) is 5.59. The van der Waals surface area contributed by atoms with Gasteiger partial charge in [0.2, 0.25) is 0 Å². The van der Waals surface area contributed by atoms with Crippen molar-refractivity contribution in [3.05, 3.63) is 88.5 Å². The maximum Gasteiger partial charge on any atom is 0.338 e. The molecule has 9 heteroatoms. The van der Waals surface area contributed by atoms with Gasteiger partial charge in [-0.3, -0.25) is 14.9 Å². The predicted octanol–water partition coefficient (Wildman–Crippen LogP) is 4.08. The Bertz CT molecular complexity index is 1370. The number of nitrogens with zero attached hydrogens (tertiary/aromatic N) is 2. The van der Waals surface area contributed by atoms with Gasteiger partial charge in [-0.25, -0.2) is 18.9 Å². The maximum absolute atomic E-state index is 13.3.